The number of hydrogen-bond donors (Lipinski definition) is 1. The van der Waals surface area contributed by atoms with Crippen molar-refractivity contribution < 1.29 is 8.42 Å². The number of hydrogen-bond acceptors (Lipinski definition) is 3. The third-order valence-corrected chi connectivity index (χ3v) is 5.97. The van der Waals surface area contributed by atoms with Crippen molar-refractivity contribution >= 4 is 9.84 Å². The van der Waals surface area contributed by atoms with E-state index in [4.69, 9.17) is 5.73 Å². The summed E-state index contributed by atoms with van der Waals surface area (Å²) in [5, 5.41) is 0. The van der Waals surface area contributed by atoms with Crippen molar-refractivity contribution in [3.05, 3.63) is 35.4 Å². The molecule has 92 valence electrons. The Hall–Kier alpha value is -0.870. The number of sulfone groups is 1. The van der Waals surface area contributed by atoms with E-state index in [1.807, 2.05) is 12.1 Å². The quantitative estimate of drug-likeness (QED) is 0.807. The van der Waals surface area contributed by atoms with Crippen LogP contribution in [0.15, 0.2) is 24.3 Å². The van der Waals surface area contributed by atoms with Gasteiger partial charge in [-0.25, -0.2) is 8.42 Å². The number of nitrogens with two attached hydrogens (primary N) is 1. The van der Waals surface area contributed by atoms with E-state index in [0.717, 1.165) is 19.3 Å². The minimum Gasteiger partial charge on any atom is -0.324 e. The van der Waals surface area contributed by atoms with E-state index in [1.165, 1.54) is 11.1 Å². The largest absolute Gasteiger partial charge is 0.324 e. The van der Waals surface area contributed by atoms with Crippen LogP contribution in [0.4, 0.5) is 0 Å². The Kier molecular flexibility index (Phi) is 2.35. The van der Waals surface area contributed by atoms with Crippen LogP contribution in [0.1, 0.15) is 17.5 Å². The molecule has 0 saturated carbocycles. The van der Waals surface area contributed by atoms with Gasteiger partial charge < -0.3 is 5.73 Å². The van der Waals surface area contributed by atoms with Crippen molar-refractivity contribution in [3.8, 4) is 0 Å². The molecular formula is C13H17NO2S. The average Bonchev–Trinajstić information content (AvgIpc) is 2.78. The van der Waals surface area contributed by atoms with E-state index in [1.54, 1.807) is 0 Å². The standard InChI is InChI=1S/C13H17NO2S/c14-13(12-5-6-17(15,16)9-12)7-10-3-1-2-4-11(10)8-13/h1-4,12H,5-9,14H2. The molecule has 2 N–H and O–H groups in total. The van der Waals surface area contributed by atoms with Gasteiger partial charge in [0, 0.05) is 5.54 Å². The van der Waals surface area contributed by atoms with E-state index < -0.39 is 9.84 Å². The first-order valence-electron chi connectivity index (χ1n) is 6.05. The molecule has 4 heteroatoms. The summed E-state index contributed by atoms with van der Waals surface area (Å²) in [7, 11) is -2.84. The maximum atomic E-state index is 11.6. The highest BCUT2D eigenvalue weighted by atomic mass is 32.2. The van der Waals surface area contributed by atoms with Crippen LogP contribution in [0.3, 0.4) is 0 Å². The minimum absolute atomic E-state index is 0.125. The van der Waals surface area contributed by atoms with Crippen LogP contribution >= 0.6 is 0 Å². The Morgan fingerprint density at radius 1 is 1.18 bits per heavy atom. The fraction of sp³-hybridized carbons (Fsp3) is 0.538. The van der Waals surface area contributed by atoms with Crippen molar-refractivity contribution in [1.29, 1.82) is 0 Å². The Balaban J connectivity index is 1.87. The molecule has 17 heavy (non-hydrogen) atoms. The summed E-state index contributed by atoms with van der Waals surface area (Å²) in [5.74, 6) is 0.713. The van der Waals surface area contributed by atoms with E-state index in [9.17, 15) is 8.42 Å². The highest BCUT2D eigenvalue weighted by Gasteiger charge is 2.45. The van der Waals surface area contributed by atoms with Gasteiger partial charge in [0.2, 0.25) is 0 Å². The smallest absolute Gasteiger partial charge is 0.150 e. The number of rotatable bonds is 1. The molecular weight excluding hydrogens is 234 g/mol. The molecule has 1 saturated heterocycles. The summed E-state index contributed by atoms with van der Waals surface area (Å²) >= 11 is 0. The van der Waals surface area contributed by atoms with Crippen LogP contribution in [0, 0.1) is 5.92 Å². The topological polar surface area (TPSA) is 60.2 Å². The Morgan fingerprint density at radius 3 is 2.24 bits per heavy atom. The van der Waals surface area contributed by atoms with Crippen LogP contribution < -0.4 is 5.73 Å². The first kappa shape index (κ1) is 11.2. The van der Waals surface area contributed by atoms with Crippen LogP contribution in [0.2, 0.25) is 0 Å². The summed E-state index contributed by atoms with van der Waals surface area (Å²) in [6.07, 6.45) is 2.37. The van der Waals surface area contributed by atoms with E-state index in [-0.39, 0.29) is 17.2 Å². The maximum absolute atomic E-state index is 11.6. The van der Waals surface area contributed by atoms with Crippen LogP contribution in [0.5, 0.6) is 0 Å². The van der Waals surface area contributed by atoms with Gasteiger partial charge in [0.05, 0.1) is 11.5 Å². The summed E-state index contributed by atoms with van der Waals surface area (Å²) in [4.78, 5) is 0. The zero-order chi connectivity index (χ0) is 12.1. The molecule has 1 aliphatic carbocycles. The predicted molar refractivity (Wildman–Crippen MR) is 67.5 cm³/mol. The fourth-order valence-electron chi connectivity index (χ4n) is 3.21. The monoisotopic (exact) mass is 251 g/mol. The maximum Gasteiger partial charge on any atom is 0.150 e. The Bertz CT molecular complexity index is 525. The van der Waals surface area contributed by atoms with Gasteiger partial charge in [-0.15, -0.1) is 0 Å². The van der Waals surface area contributed by atoms with Crippen molar-refractivity contribution in [2.75, 3.05) is 11.5 Å². The highest BCUT2D eigenvalue weighted by molar-refractivity contribution is 7.91. The number of fused-ring (bicyclic) bond motifs is 1. The minimum atomic E-state index is -2.84. The predicted octanol–water partition coefficient (Wildman–Crippen LogP) is 0.917. The molecule has 1 fully saturated rings. The second kappa shape index (κ2) is 3.56. The molecule has 1 aliphatic heterocycles. The lowest BCUT2D eigenvalue weighted by Crippen LogP contribution is -2.48. The fourth-order valence-corrected chi connectivity index (χ4v) is 5.13. The lowest BCUT2D eigenvalue weighted by molar-refractivity contribution is 0.308. The Labute approximate surface area is 102 Å². The van der Waals surface area contributed by atoms with Crippen LogP contribution in [0.25, 0.3) is 0 Å². The van der Waals surface area contributed by atoms with Crippen LogP contribution in [-0.2, 0) is 22.7 Å². The molecule has 1 aromatic rings. The number of benzene rings is 1. The van der Waals surface area contributed by atoms with Crippen molar-refractivity contribution in [2.45, 2.75) is 24.8 Å². The van der Waals surface area contributed by atoms with Gasteiger partial charge in [-0.3, -0.25) is 0 Å². The van der Waals surface area contributed by atoms with Gasteiger partial charge in [0.15, 0.2) is 9.84 Å². The molecule has 2 aliphatic rings. The van der Waals surface area contributed by atoms with E-state index >= 15 is 0 Å². The third-order valence-electron chi connectivity index (χ3n) is 4.20. The van der Waals surface area contributed by atoms with Crippen molar-refractivity contribution in [2.24, 2.45) is 11.7 Å². The van der Waals surface area contributed by atoms with Crippen molar-refractivity contribution in [3.63, 3.8) is 0 Å². The van der Waals surface area contributed by atoms with Gasteiger partial charge in [-0.2, -0.15) is 0 Å². The lowest BCUT2D eigenvalue weighted by Gasteiger charge is -2.30. The Morgan fingerprint density at radius 2 is 1.76 bits per heavy atom. The van der Waals surface area contributed by atoms with Crippen LogP contribution in [-0.4, -0.2) is 25.5 Å². The lowest BCUT2D eigenvalue weighted by atomic mass is 9.82. The molecule has 0 spiro atoms. The first-order chi connectivity index (χ1) is 7.99. The second-order valence-electron chi connectivity index (χ2n) is 5.46. The first-order valence-corrected chi connectivity index (χ1v) is 7.87. The molecule has 0 radical (unpaired) electrons. The van der Waals surface area contributed by atoms with Gasteiger partial charge in [-0.1, -0.05) is 24.3 Å². The normalized spacial score (nSPS) is 29.1. The van der Waals surface area contributed by atoms with Gasteiger partial charge in [0.1, 0.15) is 0 Å². The SMILES string of the molecule is NC1(C2CCS(=O)(=O)C2)Cc2ccccc2C1. The van der Waals surface area contributed by atoms with Crippen molar-refractivity contribution in [1.82, 2.24) is 0 Å². The highest BCUT2D eigenvalue weighted by Crippen LogP contribution is 2.38. The molecule has 1 atom stereocenters. The molecule has 3 nitrogen and oxygen atoms in total. The summed E-state index contributed by atoms with van der Waals surface area (Å²) < 4.78 is 23.1. The summed E-state index contributed by atoms with van der Waals surface area (Å²) in [6.45, 7) is 0. The second-order valence-corrected chi connectivity index (χ2v) is 7.68. The molecule has 0 amide bonds. The van der Waals surface area contributed by atoms with Gasteiger partial charge in [0.25, 0.3) is 0 Å². The molecule has 0 bridgehead atoms. The zero-order valence-electron chi connectivity index (χ0n) is 9.72. The molecule has 0 aromatic heterocycles. The molecule has 1 aromatic carbocycles. The average molecular weight is 251 g/mol. The third kappa shape index (κ3) is 1.89. The summed E-state index contributed by atoms with van der Waals surface area (Å²) in [5.41, 5.74) is 8.71. The van der Waals surface area contributed by atoms with E-state index in [2.05, 4.69) is 12.1 Å². The molecule has 3 rings (SSSR count). The van der Waals surface area contributed by atoms with E-state index in [0.29, 0.717) is 5.75 Å². The van der Waals surface area contributed by atoms with Gasteiger partial charge in [-0.05, 0) is 36.3 Å². The molecule has 1 heterocycles. The molecule has 1 unspecified atom stereocenters. The zero-order valence-corrected chi connectivity index (χ0v) is 10.5. The summed E-state index contributed by atoms with van der Waals surface area (Å²) in [6, 6.07) is 8.26. The van der Waals surface area contributed by atoms with Gasteiger partial charge >= 0.3 is 0 Å².